The number of rotatable bonds is 8. The van der Waals surface area contributed by atoms with Gasteiger partial charge in [-0.05, 0) is 24.1 Å². The molecule has 34 heavy (non-hydrogen) atoms. The quantitative estimate of drug-likeness (QED) is 0.234. The maximum atomic E-state index is 10.0. The smallest absolute Gasteiger partial charge is 0.233 e. The number of hydrogen-bond acceptors (Lipinski definition) is 7. The third-order valence-corrected chi connectivity index (χ3v) is 7.06. The number of aromatic nitrogens is 2. The summed E-state index contributed by atoms with van der Waals surface area (Å²) in [5.74, 6) is 0.781. The zero-order valence-electron chi connectivity index (χ0n) is 18.3. The fraction of sp³-hybridized carbons (Fsp3) is 0.154. The Hall–Kier alpha value is -3.36. The molecule has 2 aromatic carbocycles. The van der Waals surface area contributed by atoms with E-state index in [-0.39, 0.29) is 11.4 Å². The summed E-state index contributed by atoms with van der Waals surface area (Å²) in [6, 6.07) is 21.5. The van der Waals surface area contributed by atoms with E-state index >= 15 is 0 Å². The van der Waals surface area contributed by atoms with Gasteiger partial charge in [-0.25, -0.2) is 9.97 Å². The van der Waals surface area contributed by atoms with Gasteiger partial charge in [-0.15, -0.1) is 11.3 Å². The van der Waals surface area contributed by atoms with Gasteiger partial charge in [-0.2, -0.15) is 10.5 Å². The van der Waals surface area contributed by atoms with Crippen molar-refractivity contribution in [3.63, 3.8) is 0 Å². The lowest BCUT2D eigenvalue weighted by Gasteiger charge is -2.15. The van der Waals surface area contributed by atoms with Crippen molar-refractivity contribution >= 4 is 34.7 Å². The zero-order chi connectivity index (χ0) is 23.9. The molecule has 0 spiro atoms. The van der Waals surface area contributed by atoms with Crippen molar-refractivity contribution in [2.75, 3.05) is 6.61 Å². The summed E-state index contributed by atoms with van der Waals surface area (Å²) in [6.45, 7) is 2.42. The van der Waals surface area contributed by atoms with E-state index in [1.54, 1.807) is 11.3 Å². The van der Waals surface area contributed by atoms with E-state index in [1.165, 1.54) is 11.8 Å². The summed E-state index contributed by atoms with van der Waals surface area (Å²) in [5.41, 5.74) is 3.85. The molecule has 0 saturated carbocycles. The van der Waals surface area contributed by atoms with Crippen LogP contribution in [-0.4, -0.2) is 16.6 Å². The molecule has 168 valence electrons. The number of hydrogen-bond donors (Lipinski definition) is 0. The standard InChI is InChI=1S/C26H19ClN4OS2/c1-2-12-32-24-21(13-28)23(17-6-4-3-5-7-17)22(14-29)26(31-24)34-16-20-15-33-25(30-20)18-8-10-19(27)11-9-18/h3-11,15H,2,12,16H2,1H3. The molecule has 4 rings (SSSR count). The molecule has 5 nitrogen and oxygen atoms in total. The Balaban J connectivity index is 1.69. The fourth-order valence-corrected chi connectivity index (χ4v) is 5.22. The molecule has 0 unspecified atom stereocenters. The summed E-state index contributed by atoms with van der Waals surface area (Å²) < 4.78 is 5.82. The van der Waals surface area contributed by atoms with Crippen LogP contribution in [0.4, 0.5) is 0 Å². The van der Waals surface area contributed by atoms with Gasteiger partial charge in [0.1, 0.15) is 27.7 Å². The highest BCUT2D eigenvalue weighted by Gasteiger charge is 2.23. The fourth-order valence-electron chi connectivity index (χ4n) is 3.29. The van der Waals surface area contributed by atoms with Crippen molar-refractivity contribution in [3.8, 4) is 39.7 Å². The molecule has 4 aromatic rings. The molecule has 0 bridgehead atoms. The molecule has 2 heterocycles. The molecule has 0 aliphatic heterocycles. The molecule has 0 radical (unpaired) electrons. The molecule has 0 aliphatic carbocycles. The first-order valence-corrected chi connectivity index (χ1v) is 12.8. The predicted molar refractivity (Wildman–Crippen MR) is 137 cm³/mol. The van der Waals surface area contributed by atoms with Gasteiger partial charge in [-0.3, -0.25) is 0 Å². The zero-order valence-corrected chi connectivity index (χ0v) is 20.7. The van der Waals surface area contributed by atoms with E-state index in [2.05, 4.69) is 17.1 Å². The number of ether oxygens (including phenoxy) is 1. The Morgan fingerprint density at radius 3 is 2.38 bits per heavy atom. The van der Waals surface area contributed by atoms with Crippen LogP contribution in [0.5, 0.6) is 5.88 Å². The summed E-state index contributed by atoms with van der Waals surface area (Å²) in [6.07, 6.45) is 0.780. The summed E-state index contributed by atoms with van der Waals surface area (Å²) >= 11 is 8.95. The van der Waals surface area contributed by atoms with Crippen molar-refractivity contribution < 1.29 is 4.74 Å². The minimum absolute atomic E-state index is 0.254. The Labute approximate surface area is 211 Å². The first-order chi connectivity index (χ1) is 16.6. The molecule has 0 atom stereocenters. The lowest BCUT2D eigenvalue weighted by atomic mass is 9.97. The highest BCUT2D eigenvalue weighted by molar-refractivity contribution is 7.98. The predicted octanol–water partition coefficient (Wildman–Crippen LogP) is 7.35. The van der Waals surface area contributed by atoms with Gasteiger partial charge in [0.25, 0.3) is 0 Å². The minimum atomic E-state index is 0.254. The van der Waals surface area contributed by atoms with Gasteiger partial charge >= 0.3 is 0 Å². The molecule has 0 amide bonds. The van der Waals surface area contributed by atoms with E-state index in [0.29, 0.717) is 33.5 Å². The largest absolute Gasteiger partial charge is 0.477 e. The second kappa shape index (κ2) is 11.2. The summed E-state index contributed by atoms with van der Waals surface area (Å²) in [4.78, 5) is 9.31. The van der Waals surface area contributed by atoms with Crippen LogP contribution in [0, 0.1) is 22.7 Å². The molecular formula is C26H19ClN4OS2. The lowest BCUT2D eigenvalue weighted by molar-refractivity contribution is 0.302. The third kappa shape index (κ3) is 5.24. The molecule has 0 fully saturated rings. The van der Waals surface area contributed by atoms with Crippen LogP contribution in [0.2, 0.25) is 5.02 Å². The second-order valence-corrected chi connectivity index (χ2v) is 9.48. The maximum absolute atomic E-state index is 10.0. The SMILES string of the molecule is CCCOc1nc(SCc2csc(-c3ccc(Cl)cc3)n2)c(C#N)c(-c2ccccc2)c1C#N. The molecule has 0 N–H and O–H groups in total. The van der Waals surface area contributed by atoms with Crippen molar-refractivity contribution in [2.45, 2.75) is 24.1 Å². The first-order valence-electron chi connectivity index (χ1n) is 10.5. The number of nitriles is 2. The highest BCUT2D eigenvalue weighted by atomic mass is 35.5. The first kappa shape index (κ1) is 23.8. The Morgan fingerprint density at radius 1 is 0.971 bits per heavy atom. The van der Waals surface area contributed by atoms with Crippen LogP contribution in [0.3, 0.4) is 0 Å². The monoisotopic (exact) mass is 502 g/mol. The molecule has 0 saturated heterocycles. The molecule has 8 heteroatoms. The Bertz CT molecular complexity index is 1370. The van der Waals surface area contributed by atoms with Crippen LogP contribution in [-0.2, 0) is 5.75 Å². The van der Waals surface area contributed by atoms with Crippen molar-refractivity contribution in [2.24, 2.45) is 0 Å². The molecule has 0 aliphatic rings. The number of thioether (sulfide) groups is 1. The van der Waals surface area contributed by atoms with Crippen LogP contribution < -0.4 is 4.74 Å². The van der Waals surface area contributed by atoms with E-state index in [9.17, 15) is 10.5 Å². The molecular weight excluding hydrogens is 484 g/mol. The van der Waals surface area contributed by atoms with E-state index in [1.807, 2.05) is 66.9 Å². The normalized spacial score (nSPS) is 10.5. The van der Waals surface area contributed by atoms with Crippen LogP contribution >= 0.6 is 34.7 Å². The lowest BCUT2D eigenvalue weighted by Crippen LogP contribution is -2.05. The number of thiazole rings is 1. The van der Waals surface area contributed by atoms with Gasteiger partial charge in [0.05, 0.1) is 17.9 Å². The van der Waals surface area contributed by atoms with Gasteiger partial charge < -0.3 is 4.74 Å². The van der Waals surface area contributed by atoms with Crippen molar-refractivity contribution in [1.82, 2.24) is 9.97 Å². The van der Waals surface area contributed by atoms with Crippen molar-refractivity contribution in [3.05, 3.63) is 81.8 Å². The van der Waals surface area contributed by atoms with E-state index in [0.717, 1.165) is 28.2 Å². The van der Waals surface area contributed by atoms with Gasteiger partial charge in [0, 0.05) is 27.3 Å². The third-order valence-electron chi connectivity index (χ3n) is 4.86. The Kier molecular flexibility index (Phi) is 7.82. The van der Waals surface area contributed by atoms with Crippen LogP contribution in [0.15, 0.2) is 65.0 Å². The van der Waals surface area contributed by atoms with Gasteiger partial charge in [-0.1, -0.05) is 72.8 Å². The summed E-state index contributed by atoms with van der Waals surface area (Å²) in [5, 5.41) is 24.0. The average Bonchev–Trinajstić information content (AvgIpc) is 3.35. The van der Waals surface area contributed by atoms with E-state index < -0.39 is 0 Å². The average molecular weight is 503 g/mol. The van der Waals surface area contributed by atoms with Gasteiger partial charge in [0.2, 0.25) is 5.88 Å². The molecule has 2 aromatic heterocycles. The maximum Gasteiger partial charge on any atom is 0.233 e. The summed E-state index contributed by atoms with van der Waals surface area (Å²) in [7, 11) is 0. The van der Waals surface area contributed by atoms with Crippen LogP contribution in [0.1, 0.15) is 30.2 Å². The number of halogens is 1. The van der Waals surface area contributed by atoms with Crippen LogP contribution in [0.25, 0.3) is 21.7 Å². The minimum Gasteiger partial charge on any atom is -0.477 e. The van der Waals surface area contributed by atoms with Gasteiger partial charge in [0.15, 0.2) is 0 Å². The number of pyridine rings is 1. The number of nitrogens with zero attached hydrogens (tertiary/aromatic N) is 4. The highest BCUT2D eigenvalue weighted by Crippen LogP contribution is 2.38. The second-order valence-electron chi connectivity index (χ2n) is 7.22. The van der Waals surface area contributed by atoms with E-state index in [4.69, 9.17) is 21.3 Å². The van der Waals surface area contributed by atoms with Crippen molar-refractivity contribution in [1.29, 1.82) is 10.5 Å². The Morgan fingerprint density at radius 2 is 1.71 bits per heavy atom. The topological polar surface area (TPSA) is 82.6 Å². The number of benzene rings is 2.